The molecule has 2 aliphatic rings. The molecule has 2 fully saturated rings. The molecule has 30 heavy (non-hydrogen) atoms. The first-order valence-corrected chi connectivity index (χ1v) is 10.6. The van der Waals surface area contributed by atoms with Crippen LogP contribution in [0.3, 0.4) is 0 Å². The van der Waals surface area contributed by atoms with Gasteiger partial charge in [-0.15, -0.1) is 0 Å². The van der Waals surface area contributed by atoms with E-state index in [1.807, 2.05) is 29.2 Å². The summed E-state index contributed by atoms with van der Waals surface area (Å²) in [6, 6.07) is 14.3. The van der Waals surface area contributed by atoms with E-state index in [-0.39, 0.29) is 23.6 Å². The molecule has 3 amide bonds. The molecule has 1 heterocycles. The summed E-state index contributed by atoms with van der Waals surface area (Å²) in [5, 5.41) is 5.78. The van der Waals surface area contributed by atoms with Crippen molar-refractivity contribution in [1.82, 2.24) is 10.2 Å². The number of anilines is 1. The lowest BCUT2D eigenvalue weighted by Crippen LogP contribution is -2.27. The quantitative estimate of drug-likeness (QED) is 0.773. The van der Waals surface area contributed by atoms with Gasteiger partial charge in [0.1, 0.15) is 0 Å². The first kappa shape index (κ1) is 20.1. The molecule has 1 aliphatic carbocycles. The Morgan fingerprint density at radius 1 is 1.00 bits per heavy atom. The van der Waals surface area contributed by atoms with Gasteiger partial charge in [0.25, 0.3) is 11.8 Å². The van der Waals surface area contributed by atoms with Crippen LogP contribution in [0.15, 0.2) is 48.5 Å². The largest absolute Gasteiger partial charge is 0.348 e. The van der Waals surface area contributed by atoms with Gasteiger partial charge in [0.05, 0.1) is 0 Å². The second-order valence-electron chi connectivity index (χ2n) is 8.27. The third-order valence-corrected chi connectivity index (χ3v) is 5.89. The summed E-state index contributed by atoms with van der Waals surface area (Å²) in [5.41, 5.74) is 2.74. The second-order valence-corrected chi connectivity index (χ2v) is 8.27. The average molecular weight is 405 g/mol. The van der Waals surface area contributed by atoms with Crippen LogP contribution in [-0.2, 0) is 11.3 Å². The molecule has 1 saturated carbocycles. The number of carbonyl (C=O) groups excluding carboxylic acids is 3. The van der Waals surface area contributed by atoms with E-state index >= 15 is 0 Å². The normalized spacial score (nSPS) is 20.0. The van der Waals surface area contributed by atoms with Crippen molar-refractivity contribution in [2.75, 3.05) is 18.4 Å². The van der Waals surface area contributed by atoms with Gasteiger partial charge < -0.3 is 15.5 Å². The van der Waals surface area contributed by atoms with Crippen molar-refractivity contribution in [3.63, 3.8) is 0 Å². The van der Waals surface area contributed by atoms with Crippen molar-refractivity contribution in [2.24, 2.45) is 11.8 Å². The summed E-state index contributed by atoms with van der Waals surface area (Å²) in [4.78, 5) is 38.9. The van der Waals surface area contributed by atoms with Crippen molar-refractivity contribution < 1.29 is 14.4 Å². The van der Waals surface area contributed by atoms with Crippen molar-refractivity contribution in [3.05, 3.63) is 65.2 Å². The Bertz CT molecular complexity index is 948. The molecule has 6 nitrogen and oxygen atoms in total. The molecule has 1 saturated heterocycles. The Hall–Kier alpha value is -3.15. The summed E-state index contributed by atoms with van der Waals surface area (Å²) in [6.45, 7) is 4.09. The molecule has 2 N–H and O–H groups in total. The molecular formula is C24H27N3O3. The van der Waals surface area contributed by atoms with Crippen molar-refractivity contribution in [3.8, 4) is 0 Å². The standard InChI is InChI=1S/C24H27N3O3/c1-16-13-21(16)23(29)26-20-6-4-5-19(14-20)22(28)25-15-17-7-9-18(10-8-17)24(30)27-11-2-3-12-27/h4-10,14,16,21H,2-3,11-13,15H2,1H3,(H,25,28)(H,26,29). The van der Waals surface area contributed by atoms with Crippen LogP contribution in [0.2, 0.25) is 0 Å². The first-order chi connectivity index (χ1) is 14.5. The number of rotatable bonds is 6. The van der Waals surface area contributed by atoms with Crippen LogP contribution in [0.4, 0.5) is 5.69 Å². The van der Waals surface area contributed by atoms with Gasteiger partial charge in [0, 0.05) is 42.4 Å². The molecule has 2 atom stereocenters. The SMILES string of the molecule is CC1CC1C(=O)Nc1cccc(C(=O)NCc2ccc(C(=O)N3CCCC3)cc2)c1. The zero-order chi connectivity index (χ0) is 21.1. The molecule has 156 valence electrons. The first-order valence-electron chi connectivity index (χ1n) is 10.6. The maximum absolute atomic E-state index is 12.5. The zero-order valence-corrected chi connectivity index (χ0v) is 17.2. The Kier molecular flexibility index (Phi) is 5.84. The smallest absolute Gasteiger partial charge is 0.253 e. The number of benzene rings is 2. The molecule has 2 aromatic carbocycles. The van der Waals surface area contributed by atoms with Crippen LogP contribution < -0.4 is 10.6 Å². The van der Waals surface area contributed by atoms with Gasteiger partial charge in [-0.2, -0.15) is 0 Å². The lowest BCUT2D eigenvalue weighted by Gasteiger charge is -2.15. The number of carbonyl (C=O) groups is 3. The van der Waals surface area contributed by atoms with Crippen LogP contribution >= 0.6 is 0 Å². The number of nitrogens with one attached hydrogen (secondary N) is 2. The van der Waals surface area contributed by atoms with Gasteiger partial charge in [0.2, 0.25) is 5.91 Å². The van der Waals surface area contributed by atoms with Crippen LogP contribution in [0.5, 0.6) is 0 Å². The Labute approximate surface area is 176 Å². The number of hydrogen-bond acceptors (Lipinski definition) is 3. The lowest BCUT2D eigenvalue weighted by molar-refractivity contribution is -0.117. The molecule has 6 heteroatoms. The predicted molar refractivity (Wildman–Crippen MR) is 115 cm³/mol. The fourth-order valence-corrected chi connectivity index (χ4v) is 3.81. The van der Waals surface area contributed by atoms with Gasteiger partial charge in [0.15, 0.2) is 0 Å². The third-order valence-electron chi connectivity index (χ3n) is 5.89. The van der Waals surface area contributed by atoms with Crippen molar-refractivity contribution in [2.45, 2.75) is 32.7 Å². The monoisotopic (exact) mass is 405 g/mol. The van der Waals surface area contributed by atoms with E-state index in [1.54, 1.807) is 24.3 Å². The Morgan fingerprint density at radius 3 is 2.37 bits per heavy atom. The topological polar surface area (TPSA) is 78.5 Å². The highest BCUT2D eigenvalue weighted by Gasteiger charge is 2.39. The van der Waals surface area contributed by atoms with Gasteiger partial charge in [-0.05, 0) is 61.1 Å². The zero-order valence-electron chi connectivity index (χ0n) is 17.2. The van der Waals surface area contributed by atoms with Crippen LogP contribution in [0.25, 0.3) is 0 Å². The van der Waals surface area contributed by atoms with Gasteiger partial charge >= 0.3 is 0 Å². The van der Waals surface area contributed by atoms with Gasteiger partial charge in [-0.1, -0.05) is 25.1 Å². The maximum Gasteiger partial charge on any atom is 0.253 e. The molecule has 0 spiro atoms. The number of amides is 3. The van der Waals surface area contributed by atoms with E-state index in [0.717, 1.165) is 37.9 Å². The molecule has 1 aliphatic heterocycles. The molecule has 0 bridgehead atoms. The fraction of sp³-hybridized carbons (Fsp3) is 0.375. The van der Waals surface area contributed by atoms with Gasteiger partial charge in [-0.25, -0.2) is 0 Å². The van der Waals surface area contributed by atoms with E-state index in [9.17, 15) is 14.4 Å². The third kappa shape index (κ3) is 4.70. The van der Waals surface area contributed by atoms with Crippen LogP contribution in [-0.4, -0.2) is 35.7 Å². The number of nitrogens with zero attached hydrogens (tertiary/aromatic N) is 1. The number of hydrogen-bond donors (Lipinski definition) is 2. The molecule has 4 rings (SSSR count). The molecule has 0 aromatic heterocycles. The highest BCUT2D eigenvalue weighted by Crippen LogP contribution is 2.38. The van der Waals surface area contributed by atoms with Crippen molar-refractivity contribution in [1.29, 1.82) is 0 Å². The Balaban J connectivity index is 1.31. The number of likely N-dealkylation sites (tertiary alicyclic amines) is 1. The summed E-state index contributed by atoms with van der Waals surface area (Å²) >= 11 is 0. The van der Waals surface area contributed by atoms with E-state index in [4.69, 9.17) is 0 Å². The van der Waals surface area contributed by atoms with E-state index in [1.165, 1.54) is 0 Å². The average Bonchev–Trinajstić information content (AvgIpc) is 3.25. The van der Waals surface area contributed by atoms with E-state index in [2.05, 4.69) is 17.6 Å². The maximum atomic E-state index is 12.5. The minimum Gasteiger partial charge on any atom is -0.348 e. The minimum atomic E-state index is -0.205. The Morgan fingerprint density at radius 2 is 1.70 bits per heavy atom. The highest BCUT2D eigenvalue weighted by atomic mass is 16.2. The van der Waals surface area contributed by atoms with Crippen LogP contribution in [0, 0.1) is 11.8 Å². The second kappa shape index (κ2) is 8.69. The molecule has 2 unspecified atom stereocenters. The van der Waals surface area contributed by atoms with E-state index < -0.39 is 0 Å². The highest BCUT2D eigenvalue weighted by molar-refractivity contribution is 5.98. The van der Waals surface area contributed by atoms with E-state index in [0.29, 0.717) is 29.3 Å². The van der Waals surface area contributed by atoms with Crippen LogP contribution in [0.1, 0.15) is 52.5 Å². The van der Waals surface area contributed by atoms with Gasteiger partial charge in [-0.3, -0.25) is 14.4 Å². The minimum absolute atomic E-state index is 0.0172. The summed E-state index contributed by atoms with van der Waals surface area (Å²) in [5.74, 6) is 0.408. The summed E-state index contributed by atoms with van der Waals surface area (Å²) < 4.78 is 0. The van der Waals surface area contributed by atoms with Crippen molar-refractivity contribution >= 4 is 23.4 Å². The molecule has 2 aromatic rings. The molecular weight excluding hydrogens is 378 g/mol. The summed E-state index contributed by atoms with van der Waals surface area (Å²) in [7, 11) is 0. The lowest BCUT2D eigenvalue weighted by atomic mass is 10.1. The molecule has 0 radical (unpaired) electrons. The fourth-order valence-electron chi connectivity index (χ4n) is 3.81. The summed E-state index contributed by atoms with van der Waals surface area (Å²) in [6.07, 6.45) is 3.06. The predicted octanol–water partition coefficient (Wildman–Crippen LogP) is 3.45.